The Kier molecular flexibility index (Phi) is 8.00. The molecule has 94 valence electrons. The van der Waals surface area contributed by atoms with Crippen LogP contribution in [0.2, 0.25) is 0 Å². The fourth-order valence-electron chi connectivity index (χ4n) is 2.73. The first-order valence-electron chi connectivity index (χ1n) is 5.77. The van der Waals surface area contributed by atoms with Crippen molar-refractivity contribution in [2.45, 2.75) is 38.1 Å². The summed E-state index contributed by atoms with van der Waals surface area (Å²) in [5.74, 6) is -2.37. The number of aliphatic carboxylic acids is 2. The summed E-state index contributed by atoms with van der Waals surface area (Å²) < 4.78 is 0. The number of hydrogen-bond donors (Lipinski definition) is 2. The van der Waals surface area contributed by atoms with Crippen LogP contribution < -0.4 is 59.1 Å². The summed E-state index contributed by atoms with van der Waals surface area (Å²) in [4.78, 5) is 24.2. The minimum Gasteiger partial charge on any atom is -1.00 e. The monoisotopic (exact) mass is 275 g/mol. The van der Waals surface area contributed by atoms with Crippen LogP contribution in [-0.2, 0) is 9.59 Å². The van der Waals surface area contributed by atoms with Crippen molar-refractivity contribution in [2.24, 2.45) is 5.41 Å². The van der Waals surface area contributed by atoms with Crippen LogP contribution in [0.25, 0.3) is 0 Å². The molecular formula is C11H19NNa2O4. The number of carboxylic acid groups (broad SMARTS) is 2. The Balaban J connectivity index is -0.000000722. The molecule has 7 heteroatoms. The molecule has 1 aliphatic carbocycles. The van der Waals surface area contributed by atoms with Crippen molar-refractivity contribution < 1.29 is 81.8 Å². The second-order valence-electron chi connectivity index (χ2n) is 4.85. The molecule has 0 atom stereocenters. The van der Waals surface area contributed by atoms with E-state index in [1.165, 1.54) is 6.42 Å². The van der Waals surface area contributed by atoms with E-state index < -0.39 is 17.4 Å². The van der Waals surface area contributed by atoms with Gasteiger partial charge in [-0.2, -0.15) is 0 Å². The van der Waals surface area contributed by atoms with Gasteiger partial charge in [0.2, 0.25) is 0 Å². The van der Waals surface area contributed by atoms with Crippen molar-refractivity contribution in [3.63, 3.8) is 0 Å². The number of hydrogen-bond acceptors (Lipinski definition) is 3. The molecule has 2 fully saturated rings. The Morgan fingerprint density at radius 2 is 1.44 bits per heavy atom. The van der Waals surface area contributed by atoms with Gasteiger partial charge >= 0.3 is 71.1 Å². The largest absolute Gasteiger partial charge is 1.00 e. The van der Waals surface area contributed by atoms with E-state index in [2.05, 4.69) is 4.90 Å². The molecule has 2 aliphatic rings. The van der Waals surface area contributed by atoms with E-state index in [-0.39, 0.29) is 80.9 Å². The minimum absolute atomic E-state index is 0. The second-order valence-corrected chi connectivity index (χ2v) is 4.85. The van der Waals surface area contributed by atoms with Crippen LogP contribution in [0.15, 0.2) is 0 Å². The van der Waals surface area contributed by atoms with Gasteiger partial charge in [-0.25, -0.2) is 0 Å². The quantitative estimate of drug-likeness (QED) is 0.398. The fourth-order valence-corrected chi connectivity index (χ4v) is 2.73. The second kappa shape index (κ2) is 7.62. The molecule has 5 nitrogen and oxygen atoms in total. The SMILES string of the molecule is O=C(O)C1(C(=O)O)CC(N2CCCCC2)C1.[H-].[H-].[Na+].[Na+]. The summed E-state index contributed by atoms with van der Waals surface area (Å²) in [6, 6.07) is 0.160. The molecule has 0 aromatic carbocycles. The maximum atomic E-state index is 11.0. The summed E-state index contributed by atoms with van der Waals surface area (Å²) in [7, 11) is 0. The van der Waals surface area contributed by atoms with Crippen LogP contribution in [0.1, 0.15) is 35.0 Å². The maximum absolute atomic E-state index is 11.0. The van der Waals surface area contributed by atoms with Crippen LogP contribution in [0.5, 0.6) is 0 Å². The Morgan fingerprint density at radius 1 is 1.00 bits per heavy atom. The first-order valence-corrected chi connectivity index (χ1v) is 5.77. The Hall–Kier alpha value is 0.900. The van der Waals surface area contributed by atoms with E-state index >= 15 is 0 Å². The molecular weight excluding hydrogens is 256 g/mol. The number of carbonyl (C=O) groups is 2. The number of piperidine rings is 1. The normalized spacial score (nSPS) is 23.1. The van der Waals surface area contributed by atoms with Gasteiger partial charge in [0, 0.05) is 6.04 Å². The standard InChI is InChI=1S/C11H17NO4.2Na.2H/c13-9(14)11(10(15)16)6-8(7-11)12-4-2-1-3-5-12;;;;/h8H,1-7H2,(H,13,14)(H,15,16);;;;/q;2*+1;2*-1. The van der Waals surface area contributed by atoms with Crippen LogP contribution in [0.4, 0.5) is 0 Å². The van der Waals surface area contributed by atoms with Crippen molar-refractivity contribution in [3.8, 4) is 0 Å². The summed E-state index contributed by atoms with van der Waals surface area (Å²) in [6.07, 6.45) is 4.04. The van der Waals surface area contributed by atoms with Gasteiger partial charge in [-0.05, 0) is 38.8 Å². The number of nitrogens with zero attached hydrogens (tertiary/aromatic N) is 1. The average Bonchev–Trinajstić information content (AvgIpc) is 2.16. The molecule has 0 aromatic rings. The van der Waals surface area contributed by atoms with Gasteiger partial charge in [-0.15, -0.1) is 0 Å². The first-order chi connectivity index (χ1) is 7.56. The van der Waals surface area contributed by atoms with E-state index in [9.17, 15) is 9.59 Å². The smallest absolute Gasteiger partial charge is 1.00 e. The van der Waals surface area contributed by atoms with Crippen molar-refractivity contribution >= 4 is 11.9 Å². The van der Waals surface area contributed by atoms with E-state index in [4.69, 9.17) is 10.2 Å². The third-order valence-corrected chi connectivity index (χ3v) is 3.89. The van der Waals surface area contributed by atoms with Gasteiger partial charge in [0.1, 0.15) is 0 Å². The zero-order chi connectivity index (χ0) is 11.8. The van der Waals surface area contributed by atoms with Crippen molar-refractivity contribution in [2.75, 3.05) is 13.1 Å². The minimum atomic E-state index is -1.51. The Labute approximate surface area is 154 Å². The van der Waals surface area contributed by atoms with Gasteiger partial charge in [0.15, 0.2) is 5.41 Å². The summed E-state index contributed by atoms with van der Waals surface area (Å²) >= 11 is 0. The van der Waals surface area contributed by atoms with Crippen molar-refractivity contribution in [3.05, 3.63) is 0 Å². The van der Waals surface area contributed by atoms with E-state index in [1.54, 1.807) is 0 Å². The molecule has 18 heavy (non-hydrogen) atoms. The molecule has 2 N–H and O–H groups in total. The van der Waals surface area contributed by atoms with Crippen LogP contribution in [0.3, 0.4) is 0 Å². The van der Waals surface area contributed by atoms with Gasteiger partial charge in [0.25, 0.3) is 0 Å². The van der Waals surface area contributed by atoms with E-state index in [1.807, 2.05) is 0 Å². The molecule has 0 bridgehead atoms. The topological polar surface area (TPSA) is 77.8 Å². The molecule has 0 aromatic heterocycles. The molecule has 0 amide bonds. The van der Waals surface area contributed by atoms with Gasteiger partial charge in [-0.3, -0.25) is 9.59 Å². The molecule has 1 saturated heterocycles. The number of rotatable bonds is 3. The van der Waals surface area contributed by atoms with Crippen LogP contribution in [0, 0.1) is 5.41 Å². The Bertz CT molecular complexity index is 306. The zero-order valence-corrected chi connectivity index (χ0v) is 15.2. The third kappa shape index (κ3) is 3.51. The third-order valence-electron chi connectivity index (χ3n) is 3.89. The summed E-state index contributed by atoms with van der Waals surface area (Å²) in [6.45, 7) is 1.97. The average molecular weight is 275 g/mol. The molecule has 1 heterocycles. The number of carboxylic acids is 2. The maximum Gasteiger partial charge on any atom is 1.00 e. The Morgan fingerprint density at radius 3 is 1.83 bits per heavy atom. The predicted octanol–water partition coefficient (Wildman–Crippen LogP) is -4.98. The molecule has 2 rings (SSSR count). The van der Waals surface area contributed by atoms with Gasteiger partial charge < -0.3 is 18.0 Å². The first kappa shape index (κ1) is 18.9. The molecule has 0 spiro atoms. The predicted molar refractivity (Wildman–Crippen MR) is 58.4 cm³/mol. The van der Waals surface area contributed by atoms with Crippen molar-refractivity contribution in [1.29, 1.82) is 0 Å². The van der Waals surface area contributed by atoms with Gasteiger partial charge in [0.05, 0.1) is 0 Å². The fraction of sp³-hybridized carbons (Fsp3) is 0.818. The van der Waals surface area contributed by atoms with Crippen molar-refractivity contribution in [1.82, 2.24) is 4.90 Å². The van der Waals surface area contributed by atoms with E-state index in [0.717, 1.165) is 25.9 Å². The van der Waals surface area contributed by atoms with Crippen LogP contribution in [-0.4, -0.2) is 46.2 Å². The van der Waals surface area contributed by atoms with Crippen LogP contribution >= 0.6 is 0 Å². The molecule has 0 radical (unpaired) electrons. The molecule has 1 aliphatic heterocycles. The summed E-state index contributed by atoms with van der Waals surface area (Å²) in [5, 5.41) is 17.9. The number of likely N-dealkylation sites (tertiary alicyclic amines) is 1. The summed E-state index contributed by atoms with van der Waals surface area (Å²) in [5.41, 5.74) is -1.51. The molecule has 0 unspecified atom stereocenters. The zero-order valence-electron chi connectivity index (χ0n) is 13.2. The van der Waals surface area contributed by atoms with Gasteiger partial charge in [-0.1, -0.05) is 6.42 Å². The van der Waals surface area contributed by atoms with E-state index in [0.29, 0.717) is 0 Å². The molecule has 1 saturated carbocycles.